The van der Waals surface area contributed by atoms with Gasteiger partial charge in [0.15, 0.2) is 0 Å². The second kappa shape index (κ2) is 6.14. The van der Waals surface area contributed by atoms with Crippen LogP contribution in [0.4, 0.5) is 4.39 Å². The van der Waals surface area contributed by atoms with E-state index >= 15 is 0 Å². The van der Waals surface area contributed by atoms with Gasteiger partial charge in [-0.15, -0.1) is 11.8 Å². The summed E-state index contributed by atoms with van der Waals surface area (Å²) in [4.78, 5) is 12.5. The van der Waals surface area contributed by atoms with Crippen LogP contribution in [0.3, 0.4) is 0 Å². The Bertz CT molecular complexity index is 475. The number of carbonyl (C=O) groups is 1. The van der Waals surface area contributed by atoms with Gasteiger partial charge in [-0.1, -0.05) is 6.92 Å². The van der Waals surface area contributed by atoms with E-state index in [0.29, 0.717) is 12.5 Å². The SMILES string of the molecule is CC(CC(C)(NC1CC1)C(=O)O)Sc1ccc(F)cc1. The van der Waals surface area contributed by atoms with E-state index in [1.165, 1.54) is 12.1 Å². The highest BCUT2D eigenvalue weighted by atomic mass is 32.2. The summed E-state index contributed by atoms with van der Waals surface area (Å²) in [7, 11) is 0. The Hall–Kier alpha value is -1.07. The minimum Gasteiger partial charge on any atom is -0.480 e. The molecule has 1 aromatic carbocycles. The van der Waals surface area contributed by atoms with Gasteiger partial charge in [0.2, 0.25) is 0 Å². The predicted molar refractivity (Wildman–Crippen MR) is 78.5 cm³/mol. The molecule has 1 aliphatic rings. The van der Waals surface area contributed by atoms with Crippen LogP contribution in [0.1, 0.15) is 33.1 Å². The van der Waals surface area contributed by atoms with Crippen molar-refractivity contribution in [3.8, 4) is 0 Å². The summed E-state index contributed by atoms with van der Waals surface area (Å²) < 4.78 is 12.9. The van der Waals surface area contributed by atoms with E-state index < -0.39 is 11.5 Å². The Balaban J connectivity index is 1.95. The molecule has 0 heterocycles. The van der Waals surface area contributed by atoms with Gasteiger partial charge in [-0.05, 0) is 50.5 Å². The number of nitrogens with one attached hydrogen (secondary N) is 1. The van der Waals surface area contributed by atoms with Gasteiger partial charge in [-0.2, -0.15) is 0 Å². The van der Waals surface area contributed by atoms with E-state index in [1.807, 2.05) is 6.92 Å². The van der Waals surface area contributed by atoms with Crippen molar-refractivity contribution in [2.45, 2.75) is 54.8 Å². The highest BCUT2D eigenvalue weighted by Crippen LogP contribution is 2.31. The molecule has 1 aliphatic carbocycles. The Labute approximate surface area is 123 Å². The molecule has 0 spiro atoms. The number of benzene rings is 1. The van der Waals surface area contributed by atoms with Gasteiger partial charge in [0.05, 0.1) is 0 Å². The summed E-state index contributed by atoms with van der Waals surface area (Å²) in [5.74, 6) is -1.07. The molecule has 0 amide bonds. The molecule has 2 N–H and O–H groups in total. The van der Waals surface area contributed by atoms with Gasteiger partial charge in [-0.25, -0.2) is 4.39 Å². The van der Waals surface area contributed by atoms with Crippen molar-refractivity contribution in [3.05, 3.63) is 30.1 Å². The zero-order chi connectivity index (χ0) is 14.8. The lowest BCUT2D eigenvalue weighted by molar-refractivity contribution is -0.144. The second-order valence-electron chi connectivity index (χ2n) is 5.64. The first-order chi connectivity index (χ1) is 9.39. The lowest BCUT2D eigenvalue weighted by Crippen LogP contribution is -2.51. The molecule has 5 heteroatoms. The van der Waals surface area contributed by atoms with Crippen molar-refractivity contribution in [2.75, 3.05) is 0 Å². The van der Waals surface area contributed by atoms with Gasteiger partial charge >= 0.3 is 5.97 Å². The molecule has 0 bridgehead atoms. The van der Waals surface area contributed by atoms with E-state index in [4.69, 9.17) is 0 Å². The van der Waals surface area contributed by atoms with Gasteiger partial charge in [0.25, 0.3) is 0 Å². The van der Waals surface area contributed by atoms with Crippen molar-refractivity contribution in [1.29, 1.82) is 0 Å². The molecule has 1 aromatic rings. The van der Waals surface area contributed by atoms with Crippen LogP contribution in [0.5, 0.6) is 0 Å². The smallest absolute Gasteiger partial charge is 0.323 e. The van der Waals surface area contributed by atoms with Crippen molar-refractivity contribution in [3.63, 3.8) is 0 Å². The minimum atomic E-state index is -0.895. The van der Waals surface area contributed by atoms with Crippen LogP contribution >= 0.6 is 11.8 Å². The molecule has 0 radical (unpaired) electrons. The predicted octanol–water partition coefficient (Wildman–Crippen LogP) is 3.29. The van der Waals surface area contributed by atoms with E-state index in [9.17, 15) is 14.3 Å². The van der Waals surface area contributed by atoms with E-state index in [-0.39, 0.29) is 11.1 Å². The number of hydrogen-bond donors (Lipinski definition) is 2. The summed E-state index contributed by atoms with van der Waals surface area (Å²) in [5, 5.41) is 12.8. The fraction of sp³-hybridized carbons (Fsp3) is 0.533. The molecular formula is C15H20FNO2S. The second-order valence-corrected chi connectivity index (χ2v) is 7.15. The maximum atomic E-state index is 12.9. The zero-order valence-electron chi connectivity index (χ0n) is 11.7. The first-order valence-corrected chi connectivity index (χ1v) is 7.70. The molecule has 1 saturated carbocycles. The first kappa shape index (κ1) is 15.3. The number of rotatable bonds is 7. The van der Waals surface area contributed by atoms with E-state index in [0.717, 1.165) is 17.7 Å². The average Bonchev–Trinajstić information content (AvgIpc) is 3.15. The third-order valence-corrected chi connectivity index (χ3v) is 4.53. The summed E-state index contributed by atoms with van der Waals surface area (Å²) in [5.41, 5.74) is -0.895. The lowest BCUT2D eigenvalue weighted by Gasteiger charge is -2.29. The first-order valence-electron chi connectivity index (χ1n) is 6.82. The Kier molecular flexibility index (Phi) is 4.70. The zero-order valence-corrected chi connectivity index (χ0v) is 12.5. The Morgan fingerprint density at radius 1 is 1.50 bits per heavy atom. The van der Waals surface area contributed by atoms with Crippen molar-refractivity contribution >= 4 is 17.7 Å². The van der Waals surface area contributed by atoms with Crippen LogP contribution in [0, 0.1) is 5.82 Å². The topological polar surface area (TPSA) is 49.3 Å². The maximum absolute atomic E-state index is 12.9. The molecule has 110 valence electrons. The van der Waals surface area contributed by atoms with Crippen LogP contribution in [0.15, 0.2) is 29.2 Å². The van der Waals surface area contributed by atoms with Gasteiger partial charge < -0.3 is 5.11 Å². The molecule has 1 fully saturated rings. The summed E-state index contributed by atoms with van der Waals surface area (Å²) in [6.07, 6.45) is 2.64. The number of hydrogen-bond acceptors (Lipinski definition) is 3. The number of carboxylic acid groups (broad SMARTS) is 1. The average molecular weight is 297 g/mol. The molecule has 0 aromatic heterocycles. The Morgan fingerprint density at radius 3 is 2.60 bits per heavy atom. The quantitative estimate of drug-likeness (QED) is 0.758. The molecule has 2 unspecified atom stereocenters. The highest BCUT2D eigenvalue weighted by molar-refractivity contribution is 7.99. The third kappa shape index (κ3) is 4.21. The van der Waals surface area contributed by atoms with Crippen molar-refractivity contribution in [1.82, 2.24) is 5.32 Å². The van der Waals surface area contributed by atoms with Crippen molar-refractivity contribution in [2.24, 2.45) is 0 Å². The van der Waals surface area contributed by atoms with E-state index in [1.54, 1.807) is 30.8 Å². The van der Waals surface area contributed by atoms with Gasteiger partial charge in [0, 0.05) is 16.2 Å². The minimum absolute atomic E-state index is 0.132. The number of halogens is 1. The largest absolute Gasteiger partial charge is 0.480 e. The molecule has 0 saturated heterocycles. The van der Waals surface area contributed by atoms with Crippen LogP contribution in [-0.4, -0.2) is 27.9 Å². The molecule has 3 nitrogen and oxygen atoms in total. The molecular weight excluding hydrogens is 277 g/mol. The third-order valence-electron chi connectivity index (χ3n) is 3.42. The molecule has 2 rings (SSSR count). The maximum Gasteiger partial charge on any atom is 0.323 e. The number of aliphatic carboxylic acids is 1. The van der Waals surface area contributed by atoms with Gasteiger partial charge in [-0.3, -0.25) is 10.1 Å². The van der Waals surface area contributed by atoms with Gasteiger partial charge in [0.1, 0.15) is 11.4 Å². The van der Waals surface area contributed by atoms with Crippen LogP contribution in [0.25, 0.3) is 0 Å². The van der Waals surface area contributed by atoms with Crippen molar-refractivity contribution < 1.29 is 14.3 Å². The monoisotopic (exact) mass is 297 g/mol. The molecule has 20 heavy (non-hydrogen) atoms. The summed E-state index contributed by atoms with van der Waals surface area (Å²) in [6, 6.07) is 6.65. The fourth-order valence-electron chi connectivity index (χ4n) is 2.25. The van der Waals surface area contributed by atoms with Crippen LogP contribution < -0.4 is 5.32 Å². The normalized spacial score (nSPS) is 19.4. The van der Waals surface area contributed by atoms with Crippen LogP contribution in [-0.2, 0) is 4.79 Å². The fourth-order valence-corrected chi connectivity index (χ4v) is 3.42. The lowest BCUT2D eigenvalue weighted by atomic mass is 9.96. The standard InChI is InChI=1S/C15H20FNO2S/c1-10(20-13-7-3-11(16)4-8-13)9-15(2,14(18)19)17-12-5-6-12/h3-4,7-8,10,12,17H,5-6,9H2,1-2H3,(H,18,19). The van der Waals surface area contributed by atoms with E-state index in [2.05, 4.69) is 5.32 Å². The Morgan fingerprint density at radius 2 is 2.10 bits per heavy atom. The van der Waals surface area contributed by atoms with Crippen LogP contribution in [0.2, 0.25) is 0 Å². The summed E-state index contributed by atoms with van der Waals surface area (Å²) >= 11 is 1.57. The highest BCUT2D eigenvalue weighted by Gasteiger charge is 2.39. The number of thioether (sulfide) groups is 1. The number of carboxylic acids is 1. The molecule has 0 aliphatic heterocycles. The molecule has 2 atom stereocenters. The summed E-state index contributed by atoms with van der Waals surface area (Å²) in [6.45, 7) is 3.75.